The van der Waals surface area contributed by atoms with E-state index >= 15 is 0 Å². The maximum Gasteiger partial charge on any atom is 0.0541 e. The van der Waals surface area contributed by atoms with E-state index in [0.29, 0.717) is 0 Å². The molecule has 0 bridgehead atoms. The van der Waals surface area contributed by atoms with Crippen LogP contribution in [0.5, 0.6) is 0 Å². The number of nitrogens with zero attached hydrogens (tertiary/aromatic N) is 1. The van der Waals surface area contributed by atoms with Crippen LogP contribution >= 0.6 is 15.9 Å². The highest BCUT2D eigenvalue weighted by Gasteiger charge is 2.12. The Bertz CT molecular complexity index is 1120. The van der Waals surface area contributed by atoms with Crippen LogP contribution in [0.2, 0.25) is 0 Å². The maximum absolute atomic E-state index is 3.64. The van der Waals surface area contributed by atoms with Gasteiger partial charge in [0.15, 0.2) is 0 Å². The molecule has 1 aromatic heterocycles. The molecule has 0 fully saturated rings. The fourth-order valence-electron chi connectivity index (χ4n) is 4.85. The van der Waals surface area contributed by atoms with E-state index in [1.54, 1.807) is 0 Å². The second kappa shape index (κ2) is 11.7. The largest absolute Gasteiger partial charge is 0.309 e. The van der Waals surface area contributed by atoms with Crippen LogP contribution in [-0.2, 0) is 6.42 Å². The molecule has 0 aliphatic rings. The number of benzene rings is 3. The Morgan fingerprint density at radius 2 is 1.25 bits per heavy atom. The van der Waals surface area contributed by atoms with Gasteiger partial charge in [-0.3, -0.25) is 0 Å². The SMILES string of the molecule is CCCCCCCCCCCCc1ccc(-n2c3ccccc3c3cc(Br)ccc32)cc1. The lowest BCUT2D eigenvalue weighted by Gasteiger charge is -2.09. The third kappa shape index (κ3) is 5.64. The summed E-state index contributed by atoms with van der Waals surface area (Å²) in [5.74, 6) is 0. The highest BCUT2D eigenvalue weighted by molar-refractivity contribution is 9.10. The van der Waals surface area contributed by atoms with Gasteiger partial charge in [0.05, 0.1) is 11.0 Å². The van der Waals surface area contributed by atoms with Crippen LogP contribution < -0.4 is 0 Å². The fourth-order valence-corrected chi connectivity index (χ4v) is 5.21. The summed E-state index contributed by atoms with van der Waals surface area (Å²) in [4.78, 5) is 0. The van der Waals surface area contributed by atoms with Crippen LogP contribution in [0.25, 0.3) is 27.5 Å². The molecule has 0 N–H and O–H groups in total. The average Bonchev–Trinajstić information content (AvgIpc) is 3.14. The fraction of sp³-hybridized carbons (Fsp3) is 0.400. The number of fused-ring (bicyclic) bond motifs is 3. The molecule has 0 spiro atoms. The first kappa shape index (κ1) is 23.1. The van der Waals surface area contributed by atoms with E-state index in [0.717, 1.165) is 4.47 Å². The van der Waals surface area contributed by atoms with Gasteiger partial charge in [0.25, 0.3) is 0 Å². The highest BCUT2D eigenvalue weighted by Crippen LogP contribution is 2.33. The van der Waals surface area contributed by atoms with Gasteiger partial charge in [-0.25, -0.2) is 0 Å². The first-order valence-electron chi connectivity index (χ1n) is 12.6. The molecule has 168 valence electrons. The van der Waals surface area contributed by atoms with Crippen molar-refractivity contribution < 1.29 is 0 Å². The minimum atomic E-state index is 1.12. The second-order valence-electron chi connectivity index (χ2n) is 9.11. The Kier molecular flexibility index (Phi) is 8.45. The highest BCUT2D eigenvalue weighted by atomic mass is 79.9. The van der Waals surface area contributed by atoms with Crippen molar-refractivity contribution in [1.29, 1.82) is 0 Å². The smallest absolute Gasteiger partial charge is 0.0541 e. The van der Waals surface area contributed by atoms with E-state index < -0.39 is 0 Å². The van der Waals surface area contributed by atoms with Crippen molar-refractivity contribution in [2.45, 2.75) is 77.6 Å². The molecular weight excluding hydrogens is 454 g/mol. The molecule has 32 heavy (non-hydrogen) atoms. The van der Waals surface area contributed by atoms with E-state index in [1.165, 1.54) is 104 Å². The van der Waals surface area contributed by atoms with Crippen LogP contribution in [0.1, 0.15) is 76.7 Å². The standard InChI is InChI=1S/C30H36BrN/c1-2-3-4-5-6-7-8-9-10-11-14-24-17-20-26(21-18-24)32-29-16-13-12-15-27(29)28-23-25(31)19-22-30(28)32/h12-13,15-23H,2-11,14H2,1H3. The van der Waals surface area contributed by atoms with Crippen molar-refractivity contribution >= 4 is 37.7 Å². The lowest BCUT2D eigenvalue weighted by atomic mass is 10.0. The zero-order valence-electron chi connectivity index (χ0n) is 19.5. The van der Waals surface area contributed by atoms with Crippen molar-refractivity contribution in [3.8, 4) is 5.69 Å². The van der Waals surface area contributed by atoms with E-state index in [-0.39, 0.29) is 0 Å². The molecule has 4 aromatic rings. The van der Waals surface area contributed by atoms with Gasteiger partial charge >= 0.3 is 0 Å². The first-order valence-corrected chi connectivity index (χ1v) is 13.4. The molecule has 0 aliphatic heterocycles. The molecule has 1 nitrogen and oxygen atoms in total. The van der Waals surface area contributed by atoms with Crippen LogP contribution in [0, 0.1) is 0 Å². The quantitative estimate of drug-likeness (QED) is 0.174. The van der Waals surface area contributed by atoms with Gasteiger partial charge in [-0.1, -0.05) is 111 Å². The van der Waals surface area contributed by atoms with Crippen molar-refractivity contribution in [2.24, 2.45) is 0 Å². The minimum Gasteiger partial charge on any atom is -0.309 e. The zero-order chi connectivity index (χ0) is 22.2. The lowest BCUT2D eigenvalue weighted by molar-refractivity contribution is 0.556. The van der Waals surface area contributed by atoms with Crippen LogP contribution in [-0.4, -0.2) is 4.57 Å². The number of aromatic nitrogens is 1. The molecule has 0 saturated heterocycles. The molecule has 0 saturated carbocycles. The Morgan fingerprint density at radius 1 is 0.625 bits per heavy atom. The summed E-state index contributed by atoms with van der Waals surface area (Å²) in [6, 6.07) is 24.5. The summed E-state index contributed by atoms with van der Waals surface area (Å²) in [5, 5.41) is 2.60. The molecule has 1 heterocycles. The van der Waals surface area contributed by atoms with Crippen molar-refractivity contribution in [3.63, 3.8) is 0 Å². The average molecular weight is 491 g/mol. The second-order valence-corrected chi connectivity index (χ2v) is 10.0. The van der Waals surface area contributed by atoms with Gasteiger partial charge in [0.1, 0.15) is 0 Å². The molecule has 2 heteroatoms. The summed E-state index contributed by atoms with van der Waals surface area (Å²) in [5.41, 5.74) is 5.22. The van der Waals surface area contributed by atoms with E-state index in [4.69, 9.17) is 0 Å². The predicted octanol–water partition coefficient (Wildman–Crippen LogP) is 10.0. The van der Waals surface area contributed by atoms with Gasteiger partial charge < -0.3 is 4.57 Å². The minimum absolute atomic E-state index is 1.12. The number of rotatable bonds is 12. The van der Waals surface area contributed by atoms with Gasteiger partial charge in [0.2, 0.25) is 0 Å². The topological polar surface area (TPSA) is 4.93 Å². The molecule has 0 aliphatic carbocycles. The molecule has 0 unspecified atom stereocenters. The van der Waals surface area contributed by atoms with Gasteiger partial charge in [-0.15, -0.1) is 0 Å². The molecule has 0 amide bonds. The van der Waals surface area contributed by atoms with Crippen molar-refractivity contribution in [2.75, 3.05) is 0 Å². The molecular formula is C30H36BrN. The normalized spacial score (nSPS) is 11.6. The third-order valence-corrected chi connectivity index (χ3v) is 7.14. The Balaban J connectivity index is 1.34. The predicted molar refractivity (Wildman–Crippen MR) is 144 cm³/mol. The van der Waals surface area contributed by atoms with Gasteiger partial charge in [0, 0.05) is 20.9 Å². The number of halogens is 1. The summed E-state index contributed by atoms with van der Waals surface area (Å²) in [6.07, 6.45) is 15.1. The molecule has 4 rings (SSSR count). The molecule has 0 radical (unpaired) electrons. The lowest BCUT2D eigenvalue weighted by Crippen LogP contribution is -1.94. The maximum atomic E-state index is 3.64. The van der Waals surface area contributed by atoms with E-state index in [1.807, 2.05) is 0 Å². The zero-order valence-corrected chi connectivity index (χ0v) is 21.0. The summed E-state index contributed by atoms with van der Waals surface area (Å²) in [7, 11) is 0. The molecule has 0 atom stereocenters. The summed E-state index contributed by atoms with van der Waals surface area (Å²) >= 11 is 3.64. The van der Waals surface area contributed by atoms with Crippen molar-refractivity contribution in [3.05, 3.63) is 76.8 Å². The van der Waals surface area contributed by atoms with Gasteiger partial charge in [-0.2, -0.15) is 0 Å². The first-order chi connectivity index (χ1) is 15.8. The van der Waals surface area contributed by atoms with E-state index in [9.17, 15) is 0 Å². The number of aryl methyl sites for hydroxylation is 1. The number of unbranched alkanes of at least 4 members (excludes halogenated alkanes) is 9. The number of hydrogen-bond acceptors (Lipinski definition) is 0. The van der Waals surface area contributed by atoms with Crippen LogP contribution in [0.4, 0.5) is 0 Å². The van der Waals surface area contributed by atoms with Crippen LogP contribution in [0.3, 0.4) is 0 Å². The molecule has 3 aromatic carbocycles. The van der Waals surface area contributed by atoms with Crippen LogP contribution in [0.15, 0.2) is 71.2 Å². The third-order valence-electron chi connectivity index (χ3n) is 6.65. The monoisotopic (exact) mass is 489 g/mol. The van der Waals surface area contributed by atoms with E-state index in [2.05, 4.69) is 94.2 Å². The summed E-state index contributed by atoms with van der Waals surface area (Å²) in [6.45, 7) is 2.29. The summed E-state index contributed by atoms with van der Waals surface area (Å²) < 4.78 is 3.52. The van der Waals surface area contributed by atoms with Crippen molar-refractivity contribution in [1.82, 2.24) is 4.57 Å². The number of para-hydroxylation sites is 1. The van der Waals surface area contributed by atoms with Gasteiger partial charge in [-0.05, 0) is 54.8 Å². The Hall–Kier alpha value is -2.06. The Labute approximate surface area is 202 Å². The Morgan fingerprint density at radius 3 is 1.97 bits per heavy atom. The number of hydrogen-bond donors (Lipinski definition) is 0.